The van der Waals surface area contributed by atoms with Crippen molar-refractivity contribution >= 4 is 44.8 Å². The van der Waals surface area contributed by atoms with E-state index in [2.05, 4.69) is 31.8 Å². The summed E-state index contributed by atoms with van der Waals surface area (Å²) in [5.41, 5.74) is 4.04. The molecule has 2 amide bonds. The molecule has 0 aliphatic rings. The second-order valence-electron chi connectivity index (χ2n) is 5.44. The molecule has 1 aromatic carbocycles. The van der Waals surface area contributed by atoms with Gasteiger partial charge in [0.25, 0.3) is 0 Å². The summed E-state index contributed by atoms with van der Waals surface area (Å²) in [6.45, 7) is 5.36. The second-order valence-corrected chi connectivity index (χ2v) is 7.44. The van der Waals surface area contributed by atoms with E-state index in [1.807, 2.05) is 36.4 Å². The van der Waals surface area contributed by atoms with Gasteiger partial charge in [0, 0.05) is 15.4 Å². The van der Waals surface area contributed by atoms with Crippen molar-refractivity contribution in [2.24, 2.45) is 5.10 Å². The fourth-order valence-electron chi connectivity index (χ4n) is 1.87. The van der Waals surface area contributed by atoms with Gasteiger partial charge in [0.15, 0.2) is 0 Å². The van der Waals surface area contributed by atoms with Crippen molar-refractivity contribution in [3.8, 4) is 10.4 Å². The van der Waals surface area contributed by atoms with Gasteiger partial charge < -0.3 is 5.32 Å². The fraction of sp³-hybridized carbons (Fsp3) is 0.235. The SMILES string of the molecule is C/C(=N/NC(=O)C(=O)NC(C)C)c1ccc(-c2ccc(Br)cc2)s1. The summed E-state index contributed by atoms with van der Waals surface area (Å²) in [6.07, 6.45) is 0. The zero-order chi connectivity index (χ0) is 17.7. The quantitative estimate of drug-likeness (QED) is 0.462. The van der Waals surface area contributed by atoms with Crippen LogP contribution in [0.25, 0.3) is 10.4 Å². The minimum atomic E-state index is -0.771. The highest BCUT2D eigenvalue weighted by atomic mass is 79.9. The van der Waals surface area contributed by atoms with Gasteiger partial charge in [0.05, 0.1) is 10.6 Å². The first-order valence-electron chi connectivity index (χ1n) is 7.38. The number of thiophene rings is 1. The number of amides is 2. The summed E-state index contributed by atoms with van der Waals surface area (Å²) in [5, 5.41) is 6.52. The van der Waals surface area contributed by atoms with Crippen molar-refractivity contribution in [1.82, 2.24) is 10.7 Å². The Labute approximate surface area is 153 Å². The lowest BCUT2D eigenvalue weighted by atomic mass is 10.2. The van der Waals surface area contributed by atoms with E-state index in [1.165, 1.54) is 0 Å². The van der Waals surface area contributed by atoms with Gasteiger partial charge in [-0.15, -0.1) is 11.3 Å². The summed E-state index contributed by atoms with van der Waals surface area (Å²) in [7, 11) is 0. The number of hydrogen-bond acceptors (Lipinski definition) is 4. The summed E-state index contributed by atoms with van der Waals surface area (Å²) in [4.78, 5) is 25.2. The van der Waals surface area contributed by atoms with Crippen LogP contribution in [0, 0.1) is 0 Å². The van der Waals surface area contributed by atoms with Crippen molar-refractivity contribution in [2.75, 3.05) is 0 Å². The monoisotopic (exact) mass is 407 g/mol. The molecule has 2 aromatic rings. The van der Waals surface area contributed by atoms with E-state index in [-0.39, 0.29) is 6.04 Å². The molecule has 0 fully saturated rings. The van der Waals surface area contributed by atoms with Gasteiger partial charge in [0.2, 0.25) is 0 Å². The summed E-state index contributed by atoms with van der Waals surface area (Å²) in [5.74, 6) is -1.46. The maximum atomic E-state index is 11.6. The molecule has 0 aliphatic carbocycles. The minimum Gasteiger partial charge on any atom is -0.346 e. The molecule has 0 aliphatic heterocycles. The topological polar surface area (TPSA) is 70.6 Å². The van der Waals surface area contributed by atoms with E-state index in [4.69, 9.17) is 0 Å². The standard InChI is InChI=1S/C17H18BrN3O2S/c1-10(2)19-16(22)17(23)21-20-11(3)14-8-9-15(24-14)12-4-6-13(18)7-5-12/h4-10H,1-3H3,(H,19,22)(H,21,23)/b20-11-. The van der Waals surface area contributed by atoms with E-state index in [0.29, 0.717) is 5.71 Å². The van der Waals surface area contributed by atoms with E-state index in [1.54, 1.807) is 32.1 Å². The number of rotatable bonds is 4. The lowest BCUT2D eigenvalue weighted by molar-refractivity contribution is -0.139. The Kier molecular flexibility index (Phi) is 6.28. The highest BCUT2D eigenvalue weighted by molar-refractivity contribution is 9.10. The third-order valence-electron chi connectivity index (χ3n) is 3.04. The van der Waals surface area contributed by atoms with E-state index in [9.17, 15) is 9.59 Å². The van der Waals surface area contributed by atoms with Crippen molar-refractivity contribution in [1.29, 1.82) is 0 Å². The second kappa shape index (κ2) is 8.21. The predicted molar refractivity (Wildman–Crippen MR) is 101 cm³/mol. The van der Waals surface area contributed by atoms with Gasteiger partial charge in [-0.25, -0.2) is 5.43 Å². The van der Waals surface area contributed by atoms with E-state index < -0.39 is 11.8 Å². The molecule has 0 unspecified atom stereocenters. The molecule has 2 N–H and O–H groups in total. The van der Waals surface area contributed by atoms with Crippen LogP contribution in [0.15, 0.2) is 46.0 Å². The first-order chi connectivity index (χ1) is 11.4. The van der Waals surface area contributed by atoms with Crippen LogP contribution in [0.2, 0.25) is 0 Å². The normalized spacial score (nSPS) is 11.5. The lowest BCUT2D eigenvalue weighted by Crippen LogP contribution is -2.41. The number of carbonyl (C=O) groups is 2. The molecule has 0 atom stereocenters. The molecule has 24 heavy (non-hydrogen) atoms. The highest BCUT2D eigenvalue weighted by Gasteiger charge is 2.14. The first-order valence-corrected chi connectivity index (χ1v) is 8.99. The number of halogens is 1. The molecular weight excluding hydrogens is 390 g/mol. The fourth-order valence-corrected chi connectivity index (χ4v) is 3.09. The van der Waals surface area contributed by atoms with E-state index in [0.717, 1.165) is 19.8 Å². The molecule has 7 heteroatoms. The molecule has 2 rings (SSSR count). The Morgan fingerprint density at radius 3 is 2.38 bits per heavy atom. The third-order valence-corrected chi connectivity index (χ3v) is 4.81. The Balaban J connectivity index is 2.05. The van der Waals surface area contributed by atoms with Crippen LogP contribution < -0.4 is 10.7 Å². The van der Waals surface area contributed by atoms with Gasteiger partial charge in [0.1, 0.15) is 0 Å². The smallest absolute Gasteiger partial charge is 0.329 e. The Morgan fingerprint density at radius 2 is 1.75 bits per heavy atom. The summed E-state index contributed by atoms with van der Waals surface area (Å²) < 4.78 is 1.03. The molecule has 1 heterocycles. The van der Waals surface area contributed by atoms with E-state index >= 15 is 0 Å². The number of nitrogens with zero attached hydrogens (tertiary/aromatic N) is 1. The zero-order valence-electron chi connectivity index (χ0n) is 13.6. The molecule has 0 saturated carbocycles. The highest BCUT2D eigenvalue weighted by Crippen LogP contribution is 2.29. The number of carbonyl (C=O) groups excluding carboxylic acids is 2. The largest absolute Gasteiger partial charge is 0.346 e. The molecule has 126 valence electrons. The number of benzene rings is 1. The molecular formula is C17H18BrN3O2S. The maximum absolute atomic E-state index is 11.6. The van der Waals surface area contributed by atoms with Crippen molar-refractivity contribution in [3.05, 3.63) is 45.7 Å². The molecule has 0 radical (unpaired) electrons. The number of hydrogen-bond donors (Lipinski definition) is 2. The van der Waals surface area contributed by atoms with Crippen molar-refractivity contribution < 1.29 is 9.59 Å². The summed E-state index contributed by atoms with van der Waals surface area (Å²) in [6, 6.07) is 11.9. The number of hydrazone groups is 1. The molecule has 1 aromatic heterocycles. The summed E-state index contributed by atoms with van der Waals surface area (Å²) >= 11 is 4.99. The van der Waals surface area contributed by atoms with Crippen LogP contribution in [-0.2, 0) is 9.59 Å². The van der Waals surface area contributed by atoms with Gasteiger partial charge in [-0.05, 0) is 50.6 Å². The third kappa shape index (κ3) is 5.01. The van der Waals surface area contributed by atoms with Crippen LogP contribution in [0.1, 0.15) is 25.6 Å². The van der Waals surface area contributed by atoms with Crippen molar-refractivity contribution in [2.45, 2.75) is 26.8 Å². The first kappa shape index (κ1) is 18.4. The van der Waals surface area contributed by atoms with Gasteiger partial charge in [-0.1, -0.05) is 28.1 Å². The number of nitrogens with one attached hydrogen (secondary N) is 2. The Bertz CT molecular complexity index is 766. The van der Waals surface area contributed by atoms with Crippen molar-refractivity contribution in [3.63, 3.8) is 0 Å². The van der Waals surface area contributed by atoms with Crippen LogP contribution in [0.3, 0.4) is 0 Å². The van der Waals surface area contributed by atoms with Crippen LogP contribution in [0.4, 0.5) is 0 Å². The average Bonchev–Trinajstić information content (AvgIpc) is 3.02. The molecule has 0 saturated heterocycles. The van der Waals surface area contributed by atoms with Gasteiger partial charge >= 0.3 is 11.8 Å². The maximum Gasteiger partial charge on any atom is 0.329 e. The Morgan fingerprint density at radius 1 is 1.08 bits per heavy atom. The van der Waals surface area contributed by atoms with Crippen LogP contribution >= 0.6 is 27.3 Å². The van der Waals surface area contributed by atoms with Crippen LogP contribution in [0.5, 0.6) is 0 Å². The molecule has 5 nitrogen and oxygen atoms in total. The molecule has 0 bridgehead atoms. The van der Waals surface area contributed by atoms with Gasteiger partial charge in [-0.2, -0.15) is 5.10 Å². The predicted octanol–water partition coefficient (Wildman–Crippen LogP) is 3.54. The average molecular weight is 408 g/mol. The van der Waals surface area contributed by atoms with Gasteiger partial charge in [-0.3, -0.25) is 9.59 Å². The lowest BCUT2D eigenvalue weighted by Gasteiger charge is -2.06. The zero-order valence-corrected chi connectivity index (χ0v) is 16.0. The van der Waals surface area contributed by atoms with Crippen LogP contribution in [-0.4, -0.2) is 23.6 Å². The molecule has 0 spiro atoms. The Hall–Kier alpha value is -1.99. The minimum absolute atomic E-state index is 0.0981.